The fourth-order valence-electron chi connectivity index (χ4n) is 18.6. The Bertz CT molecular complexity index is 6860. The molecule has 0 radical (unpaired) electrons. The van der Waals surface area contributed by atoms with Crippen molar-refractivity contribution in [1.29, 1.82) is 0 Å². The Labute approximate surface area is 700 Å². The smallest absolute Gasteiger partial charge is 0.427 e. The van der Waals surface area contributed by atoms with E-state index in [2.05, 4.69) is 0 Å². The maximum absolute atomic E-state index is 14.0. The molecule has 12 nitrogen and oxygen atoms in total. The standard InChI is InChI=1S/C99H51F15O12/c1-50(115)121-69-32-20-51-38-63(26-14-57(51)44-69)92(64-27-15-58-45-70(33-21-52(58)39-64)122-87(116)95(100,101)102)78-11-5-2-8-75(78)81-84(92)82-76-9-3-6-12-79(76)93(65-28-16-59-46-71(34-22-53(59)40-65)123-88(117)96(103,104)105,66-29-17-60-47-72(35-23-54(60)41-66)124-89(118)97(106,107)108)86(82)83-77-10-4-7-13-80(77)94(85(81)83,67-30-18-61-48-73(36-24-55(61)42-67)125-90(119)98(109,110)111)68-31-19-62-49-74(37-25-56(62)43-68)126-91(120)99(112,113)114/h2-49H,1H3. The first-order chi connectivity index (χ1) is 59.9. The number of halogens is 15. The summed E-state index contributed by atoms with van der Waals surface area (Å²) >= 11 is 0. The lowest BCUT2D eigenvalue weighted by atomic mass is 9.60. The number of fused-ring (bicyclic) bond motifs is 18. The van der Waals surface area contributed by atoms with E-state index in [0.29, 0.717) is 138 Å². The van der Waals surface area contributed by atoms with Crippen LogP contribution in [0.4, 0.5) is 65.9 Å². The first-order valence-electron chi connectivity index (χ1n) is 38.3. The van der Waals surface area contributed by atoms with E-state index in [1.54, 1.807) is 121 Å². The van der Waals surface area contributed by atoms with E-state index in [4.69, 9.17) is 28.4 Å². The molecule has 0 bridgehead atoms. The van der Waals surface area contributed by atoms with Gasteiger partial charge in [0.05, 0.1) is 16.2 Å². The van der Waals surface area contributed by atoms with Crippen LogP contribution in [0.15, 0.2) is 291 Å². The van der Waals surface area contributed by atoms with E-state index >= 15 is 0 Å². The van der Waals surface area contributed by atoms with E-state index in [0.717, 1.165) is 0 Å². The molecule has 0 saturated heterocycles. The van der Waals surface area contributed by atoms with Crippen LogP contribution < -0.4 is 28.4 Å². The fourth-order valence-corrected chi connectivity index (χ4v) is 18.6. The zero-order chi connectivity index (χ0) is 88.4. The van der Waals surface area contributed by atoms with Crippen LogP contribution in [0.1, 0.15) is 73.7 Å². The average molecular weight is 1720 g/mol. The van der Waals surface area contributed by atoms with Crippen molar-refractivity contribution < 1.29 is 123 Å². The number of ether oxygens (including phenoxy) is 6. The second kappa shape index (κ2) is 28.7. The molecule has 19 rings (SSSR count). The van der Waals surface area contributed by atoms with Crippen molar-refractivity contribution in [3.63, 3.8) is 0 Å². The molecule has 0 aliphatic heterocycles. The molecule has 1 atom stereocenters. The molecule has 0 saturated carbocycles. The Morgan fingerprint density at radius 2 is 0.381 bits per heavy atom. The van der Waals surface area contributed by atoms with E-state index < -0.39 is 112 Å². The van der Waals surface area contributed by atoms with E-state index in [1.165, 1.54) is 97.9 Å². The number of alkyl halides is 15. The second-order valence-electron chi connectivity index (χ2n) is 30.5. The van der Waals surface area contributed by atoms with E-state index in [9.17, 15) is 94.6 Å². The van der Waals surface area contributed by atoms with Crippen LogP contribution in [0, 0.1) is 0 Å². The predicted octanol–water partition coefficient (Wildman–Crippen LogP) is 24.0. The summed E-state index contributed by atoms with van der Waals surface area (Å²) in [5.74, 6) is -15.3. The summed E-state index contributed by atoms with van der Waals surface area (Å²) in [6.45, 7) is 1.24. The lowest BCUT2D eigenvalue weighted by molar-refractivity contribution is -0.189. The molecule has 0 spiro atoms. The third kappa shape index (κ3) is 13.0. The Morgan fingerprint density at radius 3 is 0.563 bits per heavy atom. The number of esters is 6. The summed E-state index contributed by atoms with van der Waals surface area (Å²) in [5.41, 5.74) is 3.69. The Morgan fingerprint density at radius 1 is 0.214 bits per heavy atom. The lowest BCUT2D eigenvalue weighted by Gasteiger charge is -2.40. The number of hydrogen-bond acceptors (Lipinski definition) is 12. The molecule has 16 aromatic carbocycles. The van der Waals surface area contributed by atoms with Gasteiger partial charge < -0.3 is 28.4 Å². The molecule has 0 amide bonds. The molecular weight excluding hydrogens is 1670 g/mol. The molecular formula is C99H51F15O12. The van der Waals surface area contributed by atoms with Gasteiger partial charge in [-0.2, -0.15) is 65.9 Å². The maximum atomic E-state index is 14.0. The van der Waals surface area contributed by atoms with Crippen LogP contribution in [0.5, 0.6) is 34.5 Å². The molecule has 16 aromatic rings. The van der Waals surface area contributed by atoms with Crippen molar-refractivity contribution in [2.75, 3.05) is 0 Å². The molecule has 3 aliphatic rings. The SMILES string of the molecule is CC(=O)Oc1ccc2cc(C3(c4ccc5cc(OC(=O)C(F)(F)F)ccc5c4)c4ccccc4-c4c3c3c(c5c4C(c4ccc6cc(OC(=O)C(F)(F)F)ccc6c4)(c4ccc6cc(OC(=O)C(F)(F)F)ccc6c4)c4ccccc4-5)C(c4ccc5cc(OC(=O)C(F)(F)F)ccc5c4)(c4ccc5cc(OC(=O)C(F)(F)F)ccc5c4)c4ccccc4-3)ccc2c1. The highest BCUT2D eigenvalue weighted by molar-refractivity contribution is 6.11. The van der Waals surface area contributed by atoms with Gasteiger partial charge in [0.1, 0.15) is 34.5 Å². The van der Waals surface area contributed by atoms with E-state index in [1.807, 2.05) is 78.9 Å². The molecule has 0 fully saturated rings. The van der Waals surface area contributed by atoms with Crippen LogP contribution >= 0.6 is 0 Å². The van der Waals surface area contributed by atoms with Gasteiger partial charge >= 0.3 is 66.7 Å². The van der Waals surface area contributed by atoms with E-state index in [-0.39, 0.29) is 32.7 Å². The average Bonchev–Trinajstić information content (AvgIpc) is 1.46. The molecule has 126 heavy (non-hydrogen) atoms. The summed E-state index contributed by atoms with van der Waals surface area (Å²) < 4.78 is 240. The lowest BCUT2D eigenvalue weighted by Crippen LogP contribution is -2.33. The molecule has 27 heteroatoms. The summed E-state index contributed by atoms with van der Waals surface area (Å²) in [5, 5.41) is 4.30. The van der Waals surface area contributed by atoms with Crippen LogP contribution in [0.25, 0.3) is 98.0 Å². The van der Waals surface area contributed by atoms with Crippen LogP contribution in [0.2, 0.25) is 0 Å². The van der Waals surface area contributed by atoms with Crippen molar-refractivity contribution in [1.82, 2.24) is 0 Å². The first-order valence-corrected chi connectivity index (χ1v) is 38.3. The quantitative estimate of drug-likeness (QED) is 0.0649. The molecule has 0 heterocycles. The van der Waals surface area contributed by atoms with Gasteiger partial charge in [-0.05, 0) is 274 Å². The second-order valence-corrected chi connectivity index (χ2v) is 30.5. The minimum atomic E-state index is -5.42. The van der Waals surface area contributed by atoms with Crippen molar-refractivity contribution in [2.45, 2.75) is 54.1 Å². The van der Waals surface area contributed by atoms with Gasteiger partial charge in [-0.15, -0.1) is 0 Å². The minimum Gasteiger partial charge on any atom is -0.427 e. The largest absolute Gasteiger partial charge is 0.491 e. The van der Waals surface area contributed by atoms with Gasteiger partial charge in [-0.1, -0.05) is 182 Å². The first kappa shape index (κ1) is 80.6. The molecule has 1 unspecified atom stereocenters. The number of hydrogen-bond donors (Lipinski definition) is 0. The normalized spacial score (nSPS) is 14.9. The van der Waals surface area contributed by atoms with Gasteiger partial charge in [0.25, 0.3) is 0 Å². The number of carbonyl (C=O) groups is 6. The fraction of sp³-hybridized carbons (Fsp3) is 0.0909. The summed E-state index contributed by atoms with van der Waals surface area (Å²) in [4.78, 5) is 75.3. The Balaban J connectivity index is 1.02. The van der Waals surface area contributed by atoms with Crippen LogP contribution in [0.3, 0.4) is 0 Å². The monoisotopic (exact) mass is 1720 g/mol. The number of benzene rings is 16. The van der Waals surface area contributed by atoms with Crippen LogP contribution in [-0.4, -0.2) is 66.7 Å². The third-order valence-corrected chi connectivity index (χ3v) is 23.4. The van der Waals surface area contributed by atoms with Gasteiger partial charge in [-0.3, -0.25) is 4.79 Å². The van der Waals surface area contributed by atoms with Gasteiger partial charge in [0, 0.05) is 6.92 Å². The topological polar surface area (TPSA) is 158 Å². The summed E-state index contributed by atoms with van der Waals surface area (Å²) in [6, 6.07) is 78.5. The molecule has 0 N–H and O–H groups in total. The zero-order valence-corrected chi connectivity index (χ0v) is 64.3. The zero-order valence-electron chi connectivity index (χ0n) is 64.3. The minimum absolute atomic E-state index is 0.192. The highest BCUT2D eigenvalue weighted by Crippen LogP contribution is 2.73. The van der Waals surface area contributed by atoms with Gasteiger partial charge in [-0.25, -0.2) is 24.0 Å². The summed E-state index contributed by atoms with van der Waals surface area (Å²) in [7, 11) is 0. The summed E-state index contributed by atoms with van der Waals surface area (Å²) in [6.07, 6.45) is -27.1. The van der Waals surface area contributed by atoms with Crippen molar-refractivity contribution >= 4 is 100 Å². The number of carbonyl (C=O) groups excluding carboxylic acids is 6. The molecule has 0 aromatic heterocycles. The molecule has 3 aliphatic carbocycles. The molecule has 624 valence electrons. The van der Waals surface area contributed by atoms with Crippen molar-refractivity contribution in [3.05, 3.63) is 358 Å². The Hall–Kier alpha value is -15.2. The van der Waals surface area contributed by atoms with Gasteiger partial charge in [0.15, 0.2) is 0 Å². The number of rotatable bonds is 12. The van der Waals surface area contributed by atoms with Crippen molar-refractivity contribution in [3.8, 4) is 67.9 Å². The highest BCUT2D eigenvalue weighted by atomic mass is 19.4. The Kier molecular flexibility index (Phi) is 18.4. The maximum Gasteiger partial charge on any atom is 0.491 e. The van der Waals surface area contributed by atoms with Crippen molar-refractivity contribution in [2.24, 2.45) is 0 Å². The highest BCUT2D eigenvalue weighted by Gasteiger charge is 2.62. The van der Waals surface area contributed by atoms with Gasteiger partial charge in [0.2, 0.25) is 0 Å². The third-order valence-electron chi connectivity index (χ3n) is 23.4. The van der Waals surface area contributed by atoms with Crippen LogP contribution in [-0.2, 0) is 45.0 Å². The predicted molar refractivity (Wildman–Crippen MR) is 433 cm³/mol.